The van der Waals surface area contributed by atoms with Crippen molar-refractivity contribution in [2.75, 3.05) is 11.9 Å². The molecule has 0 bridgehead atoms. The second kappa shape index (κ2) is 11.6. The maximum Gasteiger partial charge on any atom is 0.344 e. The molecule has 8 heteroatoms. The number of carbonyl (C=O) groups excluding carboxylic acids is 2. The van der Waals surface area contributed by atoms with Gasteiger partial charge >= 0.3 is 5.97 Å². The molecule has 0 aromatic heterocycles. The van der Waals surface area contributed by atoms with E-state index in [1.54, 1.807) is 37.3 Å². The Balaban J connectivity index is 1.59. The van der Waals surface area contributed by atoms with Gasteiger partial charge in [0.05, 0.1) is 12.2 Å². The van der Waals surface area contributed by atoms with Gasteiger partial charge in [-0.1, -0.05) is 65.7 Å². The molecule has 37 heavy (non-hydrogen) atoms. The van der Waals surface area contributed by atoms with Crippen molar-refractivity contribution in [3.8, 4) is 17.6 Å². The Morgan fingerprint density at radius 3 is 2.41 bits per heavy atom. The van der Waals surface area contributed by atoms with E-state index in [9.17, 15) is 14.9 Å². The van der Waals surface area contributed by atoms with E-state index in [0.29, 0.717) is 39.2 Å². The number of benzene rings is 4. The van der Waals surface area contributed by atoms with Crippen molar-refractivity contribution in [1.82, 2.24) is 0 Å². The van der Waals surface area contributed by atoms with Crippen LogP contribution in [-0.4, -0.2) is 18.5 Å². The fourth-order valence-electron chi connectivity index (χ4n) is 3.67. The summed E-state index contributed by atoms with van der Waals surface area (Å²) in [7, 11) is 0. The van der Waals surface area contributed by atoms with E-state index in [1.165, 1.54) is 24.3 Å². The van der Waals surface area contributed by atoms with Crippen molar-refractivity contribution >= 4 is 57.6 Å². The lowest BCUT2D eigenvalue weighted by molar-refractivity contribution is -0.112. The number of nitrogens with zero attached hydrogens (tertiary/aromatic N) is 1. The number of ether oxygens (including phenoxy) is 2. The van der Waals surface area contributed by atoms with Crippen LogP contribution in [0.25, 0.3) is 16.8 Å². The standard InChI is InChI=1S/C29H20Cl2N2O4/c1-2-36-27-13-18(12-20(17-32)28(34)33-23-15-21(30)14-22(31)16-23)10-11-26(27)37-29(35)25-9-5-7-19-6-3-4-8-24(19)25/h3-16H,2H2,1H3,(H,33,34)/b20-12-. The number of fused-ring (bicyclic) bond motifs is 1. The van der Waals surface area contributed by atoms with Gasteiger partial charge in [-0.3, -0.25) is 4.79 Å². The summed E-state index contributed by atoms with van der Waals surface area (Å²) in [5, 5.41) is 14.6. The van der Waals surface area contributed by atoms with Crippen LogP contribution in [0.4, 0.5) is 5.69 Å². The van der Waals surface area contributed by atoms with Crippen molar-refractivity contribution in [3.05, 3.63) is 106 Å². The highest BCUT2D eigenvalue weighted by Crippen LogP contribution is 2.31. The first-order valence-electron chi connectivity index (χ1n) is 11.2. The quantitative estimate of drug-likeness (QED) is 0.117. The summed E-state index contributed by atoms with van der Waals surface area (Å²) in [6.07, 6.45) is 1.40. The third kappa shape index (κ3) is 6.28. The Labute approximate surface area is 223 Å². The van der Waals surface area contributed by atoms with Crippen molar-refractivity contribution in [1.29, 1.82) is 5.26 Å². The predicted molar refractivity (Wildman–Crippen MR) is 145 cm³/mol. The summed E-state index contributed by atoms with van der Waals surface area (Å²) in [6.45, 7) is 2.11. The van der Waals surface area contributed by atoms with E-state index >= 15 is 0 Å². The smallest absolute Gasteiger partial charge is 0.344 e. The second-order valence-electron chi connectivity index (χ2n) is 7.84. The molecule has 0 unspecified atom stereocenters. The minimum absolute atomic E-state index is 0.154. The van der Waals surface area contributed by atoms with Gasteiger partial charge in [0.25, 0.3) is 5.91 Å². The lowest BCUT2D eigenvalue weighted by Gasteiger charge is -2.12. The molecule has 184 valence electrons. The Kier molecular flexibility index (Phi) is 8.09. The molecule has 0 aliphatic heterocycles. The van der Waals surface area contributed by atoms with Crippen LogP contribution in [0.5, 0.6) is 11.5 Å². The molecule has 4 rings (SSSR count). The highest BCUT2D eigenvalue weighted by atomic mass is 35.5. The Morgan fingerprint density at radius 1 is 0.946 bits per heavy atom. The van der Waals surface area contributed by atoms with Gasteiger partial charge in [0.1, 0.15) is 11.6 Å². The zero-order valence-corrected chi connectivity index (χ0v) is 21.1. The maximum absolute atomic E-state index is 13.0. The largest absolute Gasteiger partial charge is 0.490 e. The van der Waals surface area contributed by atoms with Crippen molar-refractivity contribution in [2.45, 2.75) is 6.92 Å². The van der Waals surface area contributed by atoms with E-state index in [4.69, 9.17) is 32.7 Å². The number of hydrogen-bond donors (Lipinski definition) is 1. The maximum atomic E-state index is 13.0. The highest BCUT2D eigenvalue weighted by Gasteiger charge is 2.16. The molecular weight excluding hydrogens is 511 g/mol. The van der Waals surface area contributed by atoms with E-state index < -0.39 is 11.9 Å². The molecule has 0 saturated carbocycles. The minimum Gasteiger partial charge on any atom is -0.490 e. The van der Waals surface area contributed by atoms with Crippen molar-refractivity contribution < 1.29 is 19.1 Å². The van der Waals surface area contributed by atoms with Crippen LogP contribution in [0.3, 0.4) is 0 Å². The Morgan fingerprint density at radius 2 is 1.68 bits per heavy atom. The fourth-order valence-corrected chi connectivity index (χ4v) is 4.19. The summed E-state index contributed by atoms with van der Waals surface area (Å²) < 4.78 is 11.4. The zero-order valence-electron chi connectivity index (χ0n) is 19.6. The van der Waals surface area contributed by atoms with Gasteiger partial charge in [0, 0.05) is 15.7 Å². The number of esters is 1. The Hall–Kier alpha value is -4.31. The summed E-state index contributed by atoms with van der Waals surface area (Å²) in [5.41, 5.74) is 1.13. The van der Waals surface area contributed by atoms with Crippen molar-refractivity contribution in [2.24, 2.45) is 0 Å². The number of anilines is 1. The van der Waals surface area contributed by atoms with Crippen LogP contribution >= 0.6 is 23.2 Å². The highest BCUT2D eigenvalue weighted by molar-refractivity contribution is 6.35. The predicted octanol–water partition coefficient (Wildman–Crippen LogP) is 7.31. The summed E-state index contributed by atoms with van der Waals surface area (Å²) in [5.74, 6) is -0.652. The minimum atomic E-state index is -0.634. The molecule has 0 aliphatic carbocycles. The fraction of sp³-hybridized carbons (Fsp3) is 0.0690. The molecule has 0 radical (unpaired) electrons. The van der Waals surface area contributed by atoms with Gasteiger partial charge in [-0.15, -0.1) is 0 Å². The molecule has 0 aliphatic rings. The number of amides is 1. The van der Waals surface area contributed by atoms with Gasteiger partial charge in [0.15, 0.2) is 11.5 Å². The molecule has 4 aromatic carbocycles. The number of hydrogen-bond acceptors (Lipinski definition) is 5. The van der Waals surface area contributed by atoms with Gasteiger partial charge in [0.2, 0.25) is 0 Å². The van der Waals surface area contributed by atoms with Crippen LogP contribution in [-0.2, 0) is 4.79 Å². The van der Waals surface area contributed by atoms with Crippen LogP contribution in [0.15, 0.2) is 84.4 Å². The van der Waals surface area contributed by atoms with E-state index in [1.807, 2.05) is 36.4 Å². The third-order valence-corrected chi connectivity index (χ3v) is 5.71. The number of halogens is 2. The molecule has 1 N–H and O–H groups in total. The summed E-state index contributed by atoms with van der Waals surface area (Å²) in [4.78, 5) is 25.7. The topological polar surface area (TPSA) is 88.4 Å². The lowest BCUT2D eigenvalue weighted by Crippen LogP contribution is -2.13. The molecule has 4 aromatic rings. The van der Waals surface area contributed by atoms with Gasteiger partial charge in [-0.25, -0.2) is 4.79 Å². The van der Waals surface area contributed by atoms with E-state index in [0.717, 1.165) is 10.8 Å². The first-order valence-corrected chi connectivity index (χ1v) is 12.0. The first-order chi connectivity index (χ1) is 17.9. The van der Waals surface area contributed by atoms with Crippen LogP contribution in [0.1, 0.15) is 22.8 Å². The molecule has 0 spiro atoms. The SMILES string of the molecule is CCOc1cc(/C=C(/C#N)C(=O)Nc2cc(Cl)cc(Cl)c2)ccc1OC(=O)c1cccc2ccccc12. The first kappa shape index (κ1) is 25.8. The average Bonchev–Trinajstić information content (AvgIpc) is 2.87. The van der Waals surface area contributed by atoms with Crippen LogP contribution < -0.4 is 14.8 Å². The van der Waals surface area contributed by atoms with Gasteiger partial charge < -0.3 is 14.8 Å². The number of nitriles is 1. The summed E-state index contributed by atoms with van der Waals surface area (Å²) in [6, 6.07) is 24.2. The molecule has 0 atom stereocenters. The summed E-state index contributed by atoms with van der Waals surface area (Å²) >= 11 is 12.0. The van der Waals surface area contributed by atoms with Gasteiger partial charge in [-0.2, -0.15) is 5.26 Å². The van der Waals surface area contributed by atoms with Crippen LogP contribution in [0, 0.1) is 11.3 Å². The lowest BCUT2D eigenvalue weighted by atomic mass is 10.0. The third-order valence-electron chi connectivity index (χ3n) is 5.28. The molecule has 0 saturated heterocycles. The van der Waals surface area contributed by atoms with Crippen molar-refractivity contribution in [3.63, 3.8) is 0 Å². The van der Waals surface area contributed by atoms with E-state index in [2.05, 4.69) is 5.32 Å². The Bertz CT molecular complexity index is 1550. The number of carbonyl (C=O) groups is 2. The molecule has 1 amide bonds. The normalized spacial score (nSPS) is 11.0. The monoisotopic (exact) mass is 530 g/mol. The molecule has 6 nitrogen and oxygen atoms in total. The van der Waals surface area contributed by atoms with Gasteiger partial charge in [-0.05, 0) is 65.7 Å². The molecule has 0 heterocycles. The van der Waals surface area contributed by atoms with Crippen LogP contribution in [0.2, 0.25) is 10.0 Å². The second-order valence-corrected chi connectivity index (χ2v) is 8.71. The number of nitrogens with one attached hydrogen (secondary N) is 1. The molecule has 0 fully saturated rings. The average molecular weight is 531 g/mol. The zero-order chi connectivity index (χ0) is 26.4. The number of rotatable bonds is 7. The molecular formula is C29H20Cl2N2O4. The van der Waals surface area contributed by atoms with E-state index in [-0.39, 0.29) is 11.3 Å².